The van der Waals surface area contributed by atoms with Gasteiger partial charge in [0, 0.05) is 26.9 Å². The fourth-order valence-corrected chi connectivity index (χ4v) is 3.12. The number of hydrogen-bond acceptors (Lipinski definition) is 2. The zero-order valence-corrected chi connectivity index (χ0v) is 15.3. The standard InChI is InChI=1S/C20H14Cl3NO/c21-13-9-11-14(12-10-13)24-19(15-5-1-3-7-17(15)22)20(25)16-6-2-4-8-18(16)23/h1-12,19,24H. The summed E-state index contributed by atoms with van der Waals surface area (Å²) in [6.07, 6.45) is 0. The second kappa shape index (κ2) is 7.92. The topological polar surface area (TPSA) is 29.1 Å². The van der Waals surface area contributed by atoms with Crippen LogP contribution in [0.2, 0.25) is 15.1 Å². The van der Waals surface area contributed by atoms with Gasteiger partial charge >= 0.3 is 0 Å². The Morgan fingerprint density at radius 3 is 2.00 bits per heavy atom. The number of nitrogens with one attached hydrogen (secondary N) is 1. The molecule has 3 aromatic rings. The molecule has 3 aromatic carbocycles. The van der Waals surface area contributed by atoms with Crippen LogP contribution in [0.4, 0.5) is 5.69 Å². The predicted molar refractivity (Wildman–Crippen MR) is 105 cm³/mol. The third kappa shape index (κ3) is 4.16. The first kappa shape index (κ1) is 17.8. The number of carbonyl (C=O) groups is 1. The van der Waals surface area contributed by atoms with Crippen molar-refractivity contribution in [3.8, 4) is 0 Å². The number of ketones is 1. The zero-order valence-electron chi connectivity index (χ0n) is 13.0. The maximum Gasteiger partial charge on any atom is 0.191 e. The SMILES string of the molecule is O=C(c1ccccc1Cl)C(Nc1ccc(Cl)cc1)c1ccccc1Cl. The van der Waals surface area contributed by atoms with Gasteiger partial charge in [0.2, 0.25) is 0 Å². The summed E-state index contributed by atoms with van der Waals surface area (Å²) in [4.78, 5) is 13.2. The van der Waals surface area contributed by atoms with Crippen molar-refractivity contribution in [3.05, 3.63) is 99.0 Å². The lowest BCUT2D eigenvalue weighted by Gasteiger charge is -2.21. The van der Waals surface area contributed by atoms with E-state index in [0.717, 1.165) is 5.69 Å². The summed E-state index contributed by atoms with van der Waals surface area (Å²) in [5, 5.41) is 4.77. The average Bonchev–Trinajstić information content (AvgIpc) is 2.62. The Morgan fingerprint density at radius 2 is 1.36 bits per heavy atom. The van der Waals surface area contributed by atoms with Crippen molar-refractivity contribution in [1.29, 1.82) is 0 Å². The van der Waals surface area contributed by atoms with E-state index in [1.165, 1.54) is 0 Å². The zero-order chi connectivity index (χ0) is 17.8. The highest BCUT2D eigenvalue weighted by molar-refractivity contribution is 6.35. The van der Waals surface area contributed by atoms with Crippen LogP contribution in [0.25, 0.3) is 0 Å². The first-order valence-electron chi connectivity index (χ1n) is 7.61. The number of benzene rings is 3. The van der Waals surface area contributed by atoms with E-state index in [1.54, 1.807) is 42.5 Å². The lowest BCUT2D eigenvalue weighted by molar-refractivity contribution is 0.0969. The van der Waals surface area contributed by atoms with E-state index in [9.17, 15) is 4.79 Å². The van der Waals surface area contributed by atoms with Crippen LogP contribution in [0, 0.1) is 0 Å². The molecule has 0 heterocycles. The van der Waals surface area contributed by atoms with Crippen LogP contribution < -0.4 is 5.32 Å². The molecule has 0 aliphatic rings. The minimum Gasteiger partial charge on any atom is -0.371 e. The Balaban J connectivity index is 2.03. The minimum atomic E-state index is -0.672. The molecule has 1 atom stereocenters. The maximum absolute atomic E-state index is 13.2. The lowest BCUT2D eigenvalue weighted by atomic mass is 9.97. The van der Waals surface area contributed by atoms with Gasteiger partial charge in [-0.25, -0.2) is 0 Å². The molecule has 0 saturated carbocycles. The van der Waals surface area contributed by atoms with Crippen molar-refractivity contribution in [3.63, 3.8) is 0 Å². The van der Waals surface area contributed by atoms with E-state index in [2.05, 4.69) is 5.32 Å². The molecular formula is C20H14Cl3NO. The third-order valence-corrected chi connectivity index (χ3v) is 4.70. The Hall–Kier alpha value is -2.00. The van der Waals surface area contributed by atoms with Crippen molar-refractivity contribution in [1.82, 2.24) is 0 Å². The van der Waals surface area contributed by atoms with Crippen LogP contribution in [0.3, 0.4) is 0 Å². The quantitative estimate of drug-likeness (QED) is 0.492. The first-order chi connectivity index (χ1) is 12.1. The third-order valence-electron chi connectivity index (χ3n) is 3.77. The van der Waals surface area contributed by atoms with Gasteiger partial charge in [-0.05, 0) is 42.5 Å². The molecule has 3 rings (SSSR count). The minimum absolute atomic E-state index is 0.159. The summed E-state index contributed by atoms with van der Waals surface area (Å²) in [7, 11) is 0. The fourth-order valence-electron chi connectivity index (χ4n) is 2.52. The molecular weight excluding hydrogens is 377 g/mol. The summed E-state index contributed by atoms with van der Waals surface area (Å²) in [5.74, 6) is -0.159. The van der Waals surface area contributed by atoms with Crippen molar-refractivity contribution in [2.24, 2.45) is 0 Å². The first-order valence-corrected chi connectivity index (χ1v) is 8.75. The smallest absolute Gasteiger partial charge is 0.191 e. The van der Waals surface area contributed by atoms with Crippen LogP contribution >= 0.6 is 34.8 Å². The molecule has 0 spiro atoms. The number of rotatable bonds is 5. The van der Waals surface area contributed by atoms with Gasteiger partial charge in [-0.15, -0.1) is 0 Å². The number of anilines is 1. The van der Waals surface area contributed by atoms with E-state index in [-0.39, 0.29) is 5.78 Å². The summed E-state index contributed by atoms with van der Waals surface area (Å²) in [6, 6.07) is 20.7. The van der Waals surface area contributed by atoms with Crippen molar-refractivity contribution in [2.45, 2.75) is 6.04 Å². The van der Waals surface area contributed by atoms with Gasteiger partial charge in [-0.1, -0.05) is 65.1 Å². The molecule has 126 valence electrons. The van der Waals surface area contributed by atoms with Crippen molar-refractivity contribution >= 4 is 46.3 Å². The Kier molecular flexibility index (Phi) is 5.64. The van der Waals surface area contributed by atoms with E-state index in [4.69, 9.17) is 34.8 Å². The van der Waals surface area contributed by atoms with Crippen molar-refractivity contribution in [2.75, 3.05) is 5.32 Å². The number of halogens is 3. The monoisotopic (exact) mass is 389 g/mol. The summed E-state index contributed by atoms with van der Waals surface area (Å²) in [6.45, 7) is 0. The van der Waals surface area contributed by atoms with Crippen LogP contribution in [0.15, 0.2) is 72.8 Å². The summed E-state index contributed by atoms with van der Waals surface area (Å²) < 4.78 is 0. The van der Waals surface area contributed by atoms with Gasteiger partial charge in [0.25, 0.3) is 0 Å². The molecule has 2 nitrogen and oxygen atoms in total. The van der Waals surface area contributed by atoms with Crippen LogP contribution in [0.5, 0.6) is 0 Å². The molecule has 0 bridgehead atoms. The Morgan fingerprint density at radius 1 is 0.760 bits per heavy atom. The second-order valence-corrected chi connectivity index (χ2v) is 6.70. The van der Waals surface area contributed by atoms with Gasteiger partial charge in [0.15, 0.2) is 5.78 Å². The molecule has 1 unspecified atom stereocenters. The summed E-state index contributed by atoms with van der Waals surface area (Å²) >= 11 is 18.5. The van der Waals surface area contributed by atoms with Gasteiger partial charge < -0.3 is 5.32 Å². The van der Waals surface area contributed by atoms with Crippen LogP contribution in [-0.4, -0.2) is 5.78 Å². The largest absolute Gasteiger partial charge is 0.371 e. The van der Waals surface area contributed by atoms with Crippen LogP contribution in [-0.2, 0) is 0 Å². The highest BCUT2D eigenvalue weighted by Gasteiger charge is 2.25. The molecule has 0 aliphatic heterocycles. The van der Waals surface area contributed by atoms with Gasteiger partial charge in [0.1, 0.15) is 6.04 Å². The Bertz CT molecular complexity index is 893. The number of carbonyl (C=O) groups excluding carboxylic acids is 1. The molecule has 0 fully saturated rings. The molecule has 25 heavy (non-hydrogen) atoms. The van der Waals surface area contributed by atoms with E-state index in [1.807, 2.05) is 30.3 Å². The van der Waals surface area contributed by atoms with Gasteiger partial charge in [0.05, 0.1) is 5.02 Å². The van der Waals surface area contributed by atoms with E-state index >= 15 is 0 Å². The highest BCUT2D eigenvalue weighted by atomic mass is 35.5. The second-order valence-electron chi connectivity index (χ2n) is 5.45. The van der Waals surface area contributed by atoms with Gasteiger partial charge in [-0.2, -0.15) is 0 Å². The van der Waals surface area contributed by atoms with Crippen molar-refractivity contribution < 1.29 is 4.79 Å². The molecule has 0 aromatic heterocycles. The summed E-state index contributed by atoms with van der Waals surface area (Å²) in [5.41, 5.74) is 1.88. The maximum atomic E-state index is 13.2. The van der Waals surface area contributed by atoms with E-state index in [0.29, 0.717) is 26.2 Å². The molecule has 0 amide bonds. The lowest BCUT2D eigenvalue weighted by Crippen LogP contribution is -2.22. The van der Waals surface area contributed by atoms with Gasteiger partial charge in [-0.3, -0.25) is 4.79 Å². The van der Waals surface area contributed by atoms with Crippen LogP contribution in [0.1, 0.15) is 22.0 Å². The molecule has 5 heteroatoms. The Labute approximate surface area is 161 Å². The molecule has 0 aliphatic carbocycles. The normalized spacial score (nSPS) is 11.8. The average molecular weight is 391 g/mol. The van der Waals surface area contributed by atoms with E-state index < -0.39 is 6.04 Å². The number of Topliss-reactive ketones (excluding diaryl/α,β-unsaturated/α-hetero) is 1. The fraction of sp³-hybridized carbons (Fsp3) is 0.0500. The molecule has 0 radical (unpaired) electrons. The highest BCUT2D eigenvalue weighted by Crippen LogP contribution is 2.31. The molecule has 1 N–H and O–H groups in total. The molecule has 0 saturated heterocycles. The number of hydrogen-bond donors (Lipinski definition) is 1. The predicted octanol–water partition coefficient (Wildman–Crippen LogP) is 6.68.